The first kappa shape index (κ1) is 11.9. The van der Waals surface area contributed by atoms with Gasteiger partial charge in [0.15, 0.2) is 0 Å². The molecule has 1 heterocycles. The molecular weight excluding hydrogens is 218 g/mol. The molecule has 0 saturated heterocycles. The number of aliphatic hydroxyl groups is 1. The molecule has 0 spiro atoms. The molecule has 1 N–H and O–H groups in total. The number of carbonyl (C=O) groups is 1. The maximum atomic E-state index is 11.8. The first-order chi connectivity index (χ1) is 7.85. The SMILES string of the molecule is CC(C)(C)OC(=O)n1cc2c(c1)CC(O)C=C2. The first-order valence-corrected chi connectivity index (χ1v) is 5.66. The molecule has 4 nitrogen and oxygen atoms in total. The summed E-state index contributed by atoms with van der Waals surface area (Å²) >= 11 is 0. The van der Waals surface area contributed by atoms with Crippen molar-refractivity contribution in [1.82, 2.24) is 4.57 Å². The first-order valence-electron chi connectivity index (χ1n) is 5.66. The molecule has 1 atom stereocenters. The molecule has 1 aliphatic rings. The van der Waals surface area contributed by atoms with Crippen LogP contribution in [0.1, 0.15) is 31.9 Å². The average Bonchev–Trinajstić information content (AvgIpc) is 2.57. The van der Waals surface area contributed by atoms with Crippen molar-refractivity contribution >= 4 is 12.2 Å². The third kappa shape index (κ3) is 2.77. The lowest BCUT2D eigenvalue weighted by molar-refractivity contribution is 0.0537. The molecule has 1 unspecified atom stereocenters. The zero-order chi connectivity index (χ0) is 12.6. The summed E-state index contributed by atoms with van der Waals surface area (Å²) in [5.41, 5.74) is 1.42. The average molecular weight is 235 g/mol. The third-order valence-corrected chi connectivity index (χ3v) is 2.48. The highest BCUT2D eigenvalue weighted by Crippen LogP contribution is 2.21. The number of aliphatic hydroxyl groups excluding tert-OH is 1. The molecule has 1 aliphatic carbocycles. The number of fused-ring (bicyclic) bond motifs is 1. The molecule has 0 radical (unpaired) electrons. The molecule has 4 heteroatoms. The van der Waals surface area contributed by atoms with Gasteiger partial charge in [-0.3, -0.25) is 4.57 Å². The predicted octanol–water partition coefficient (Wildman–Crippen LogP) is 2.20. The van der Waals surface area contributed by atoms with Gasteiger partial charge in [0.1, 0.15) is 5.60 Å². The summed E-state index contributed by atoms with van der Waals surface area (Å²) in [7, 11) is 0. The molecule has 0 saturated carbocycles. The Kier molecular flexibility index (Phi) is 2.83. The number of aromatic nitrogens is 1. The van der Waals surface area contributed by atoms with E-state index in [0.717, 1.165) is 11.1 Å². The summed E-state index contributed by atoms with van der Waals surface area (Å²) in [6.45, 7) is 5.49. The van der Waals surface area contributed by atoms with E-state index in [2.05, 4.69) is 0 Å². The van der Waals surface area contributed by atoms with Crippen LogP contribution in [-0.2, 0) is 11.2 Å². The van der Waals surface area contributed by atoms with Crippen molar-refractivity contribution in [3.8, 4) is 0 Å². The lowest BCUT2D eigenvalue weighted by atomic mass is 10.0. The Morgan fingerprint density at radius 3 is 2.82 bits per heavy atom. The molecule has 0 amide bonds. The van der Waals surface area contributed by atoms with Crippen LogP contribution in [0.2, 0.25) is 0 Å². The molecule has 0 aliphatic heterocycles. The minimum absolute atomic E-state index is 0.394. The van der Waals surface area contributed by atoms with E-state index in [9.17, 15) is 9.90 Å². The van der Waals surface area contributed by atoms with Crippen LogP contribution >= 0.6 is 0 Å². The minimum Gasteiger partial charge on any atom is -0.443 e. The molecule has 0 bridgehead atoms. The van der Waals surface area contributed by atoms with Crippen molar-refractivity contribution in [2.75, 3.05) is 0 Å². The number of ether oxygens (including phenoxy) is 1. The Morgan fingerprint density at radius 1 is 1.47 bits per heavy atom. The third-order valence-electron chi connectivity index (χ3n) is 2.48. The van der Waals surface area contributed by atoms with Gasteiger partial charge < -0.3 is 9.84 Å². The van der Waals surface area contributed by atoms with Gasteiger partial charge >= 0.3 is 6.09 Å². The molecular formula is C13H17NO3. The van der Waals surface area contributed by atoms with Gasteiger partial charge in [0, 0.05) is 18.8 Å². The maximum absolute atomic E-state index is 11.8. The zero-order valence-corrected chi connectivity index (χ0v) is 10.3. The van der Waals surface area contributed by atoms with Gasteiger partial charge in [-0.2, -0.15) is 0 Å². The van der Waals surface area contributed by atoms with Crippen molar-refractivity contribution < 1.29 is 14.6 Å². The van der Waals surface area contributed by atoms with E-state index in [0.29, 0.717) is 6.42 Å². The van der Waals surface area contributed by atoms with Gasteiger partial charge in [0.25, 0.3) is 0 Å². The van der Waals surface area contributed by atoms with E-state index in [-0.39, 0.29) is 0 Å². The van der Waals surface area contributed by atoms with Crippen LogP contribution in [0.5, 0.6) is 0 Å². The van der Waals surface area contributed by atoms with Crippen molar-refractivity contribution in [3.05, 3.63) is 29.6 Å². The Morgan fingerprint density at radius 2 is 2.18 bits per heavy atom. The van der Waals surface area contributed by atoms with Gasteiger partial charge in [-0.25, -0.2) is 4.79 Å². The van der Waals surface area contributed by atoms with Crippen LogP contribution in [0.3, 0.4) is 0 Å². The van der Waals surface area contributed by atoms with Crippen LogP contribution < -0.4 is 0 Å². The van der Waals surface area contributed by atoms with Gasteiger partial charge in [-0.1, -0.05) is 12.2 Å². The summed E-state index contributed by atoms with van der Waals surface area (Å²) in [4.78, 5) is 11.8. The van der Waals surface area contributed by atoms with E-state index < -0.39 is 17.8 Å². The van der Waals surface area contributed by atoms with Crippen LogP contribution in [0.4, 0.5) is 4.79 Å². The monoisotopic (exact) mass is 235 g/mol. The van der Waals surface area contributed by atoms with Gasteiger partial charge in [-0.05, 0) is 31.9 Å². The smallest absolute Gasteiger partial charge is 0.418 e. The fraction of sp³-hybridized carbons (Fsp3) is 0.462. The van der Waals surface area contributed by atoms with Crippen LogP contribution in [-0.4, -0.2) is 27.5 Å². The number of hydrogen-bond donors (Lipinski definition) is 1. The second-order valence-electron chi connectivity index (χ2n) is 5.26. The highest BCUT2D eigenvalue weighted by Gasteiger charge is 2.20. The minimum atomic E-state index is -0.503. The Balaban J connectivity index is 2.19. The van der Waals surface area contributed by atoms with Crippen LogP contribution in [0.25, 0.3) is 6.08 Å². The van der Waals surface area contributed by atoms with E-state index in [1.807, 2.05) is 26.8 Å². The van der Waals surface area contributed by atoms with Gasteiger partial charge in [0.2, 0.25) is 0 Å². The van der Waals surface area contributed by atoms with E-state index >= 15 is 0 Å². The molecule has 1 aromatic rings. The predicted molar refractivity (Wildman–Crippen MR) is 64.8 cm³/mol. The number of hydrogen-bond acceptors (Lipinski definition) is 3. The second kappa shape index (κ2) is 4.04. The normalized spacial score (nSPS) is 18.9. The Bertz CT molecular complexity index is 465. The van der Waals surface area contributed by atoms with Crippen LogP contribution in [0, 0.1) is 0 Å². The van der Waals surface area contributed by atoms with E-state index in [1.54, 1.807) is 18.5 Å². The standard InChI is InChI=1S/C13H17NO3/c1-13(2,3)17-12(16)14-7-9-4-5-11(15)6-10(9)8-14/h4-5,7-8,11,15H,6H2,1-3H3. The number of nitrogens with zero attached hydrogens (tertiary/aromatic N) is 1. The quantitative estimate of drug-likeness (QED) is 0.750. The van der Waals surface area contributed by atoms with Gasteiger partial charge in [-0.15, -0.1) is 0 Å². The van der Waals surface area contributed by atoms with Crippen molar-refractivity contribution in [3.63, 3.8) is 0 Å². The maximum Gasteiger partial charge on any atom is 0.418 e. The van der Waals surface area contributed by atoms with Crippen molar-refractivity contribution in [2.24, 2.45) is 0 Å². The lowest BCUT2D eigenvalue weighted by Gasteiger charge is -2.19. The van der Waals surface area contributed by atoms with E-state index in [4.69, 9.17) is 4.74 Å². The number of carbonyl (C=O) groups excluding carboxylic acids is 1. The lowest BCUT2D eigenvalue weighted by Crippen LogP contribution is -2.26. The second-order valence-corrected chi connectivity index (χ2v) is 5.26. The topological polar surface area (TPSA) is 51.5 Å². The molecule has 92 valence electrons. The van der Waals surface area contributed by atoms with Crippen molar-refractivity contribution in [2.45, 2.75) is 38.9 Å². The summed E-state index contributed by atoms with van der Waals surface area (Å²) in [6, 6.07) is 0. The molecule has 1 aromatic heterocycles. The molecule has 0 fully saturated rings. The van der Waals surface area contributed by atoms with Gasteiger partial charge in [0.05, 0.1) is 6.10 Å². The summed E-state index contributed by atoms with van der Waals surface area (Å²) in [5.74, 6) is 0. The zero-order valence-electron chi connectivity index (χ0n) is 10.3. The fourth-order valence-electron chi connectivity index (χ4n) is 1.76. The fourth-order valence-corrected chi connectivity index (χ4v) is 1.76. The van der Waals surface area contributed by atoms with Crippen molar-refractivity contribution in [1.29, 1.82) is 0 Å². The van der Waals surface area contributed by atoms with Crippen LogP contribution in [0.15, 0.2) is 18.5 Å². The Hall–Kier alpha value is -1.55. The molecule has 0 aromatic carbocycles. The largest absolute Gasteiger partial charge is 0.443 e. The summed E-state index contributed by atoms with van der Waals surface area (Å²) in [6.07, 6.45) is 6.68. The summed E-state index contributed by atoms with van der Waals surface area (Å²) in [5, 5.41) is 9.48. The summed E-state index contributed by atoms with van der Waals surface area (Å²) < 4.78 is 6.69. The van der Waals surface area contributed by atoms with E-state index in [1.165, 1.54) is 4.57 Å². The number of rotatable bonds is 0. The molecule has 2 rings (SSSR count). The molecule has 17 heavy (non-hydrogen) atoms. The highest BCUT2D eigenvalue weighted by molar-refractivity contribution is 5.73. The highest BCUT2D eigenvalue weighted by atomic mass is 16.6. The Labute approximate surface area is 101 Å².